The van der Waals surface area contributed by atoms with Crippen molar-refractivity contribution < 1.29 is 32.1 Å². The summed E-state index contributed by atoms with van der Waals surface area (Å²) in [6.07, 6.45) is -1.45. The van der Waals surface area contributed by atoms with Gasteiger partial charge in [0.05, 0.1) is 26.9 Å². The number of methoxy groups -OCH3 is 2. The second-order valence-corrected chi connectivity index (χ2v) is 10.4. The van der Waals surface area contributed by atoms with E-state index < -0.39 is 27.2 Å². The van der Waals surface area contributed by atoms with Gasteiger partial charge in [0.2, 0.25) is 21.9 Å². The monoisotopic (exact) mass is 557 g/mol. The Labute approximate surface area is 225 Å². The van der Waals surface area contributed by atoms with Crippen LogP contribution in [0.1, 0.15) is 25.5 Å². The maximum Gasteiger partial charge on any atom is 0.243 e. The van der Waals surface area contributed by atoms with Crippen LogP contribution in [-0.4, -0.2) is 59.3 Å². The number of nitrogens with one attached hydrogen (secondary N) is 1. The average molecular weight is 558 g/mol. The number of halogens is 1. The van der Waals surface area contributed by atoms with Crippen molar-refractivity contribution in [1.82, 2.24) is 19.7 Å². The van der Waals surface area contributed by atoms with Gasteiger partial charge in [-0.2, -0.15) is 0 Å². The van der Waals surface area contributed by atoms with E-state index in [9.17, 15) is 17.9 Å². The smallest absolute Gasteiger partial charge is 0.243 e. The molecule has 0 amide bonds. The number of pyridine rings is 1. The zero-order valence-corrected chi connectivity index (χ0v) is 22.5. The molecule has 0 saturated carbocycles. The average Bonchev–Trinajstić information content (AvgIpc) is 3.34. The van der Waals surface area contributed by atoms with Crippen LogP contribution in [0.15, 0.2) is 60.7 Å². The van der Waals surface area contributed by atoms with Crippen LogP contribution in [-0.2, 0) is 10.0 Å². The molecule has 0 fully saturated rings. The van der Waals surface area contributed by atoms with Gasteiger partial charge in [-0.3, -0.25) is 9.29 Å². The van der Waals surface area contributed by atoms with Gasteiger partial charge in [0.1, 0.15) is 33.9 Å². The summed E-state index contributed by atoms with van der Waals surface area (Å²) in [7, 11) is -1.35. The Balaban J connectivity index is 1.84. The third-order valence-corrected chi connectivity index (χ3v) is 7.62. The molecule has 0 aliphatic rings. The highest BCUT2D eigenvalue weighted by Gasteiger charge is 2.32. The van der Waals surface area contributed by atoms with Crippen LogP contribution in [0.5, 0.6) is 17.4 Å². The van der Waals surface area contributed by atoms with Crippen molar-refractivity contribution in [3.63, 3.8) is 0 Å². The van der Waals surface area contributed by atoms with Gasteiger partial charge in [-0.15, -0.1) is 10.2 Å². The van der Waals surface area contributed by atoms with Gasteiger partial charge in [0, 0.05) is 6.07 Å². The summed E-state index contributed by atoms with van der Waals surface area (Å²) in [4.78, 5) is 4.47. The van der Waals surface area contributed by atoms with E-state index in [1.165, 1.54) is 37.8 Å². The fourth-order valence-electron chi connectivity index (χ4n) is 3.87. The second-order valence-electron chi connectivity index (χ2n) is 8.34. The lowest BCUT2D eigenvalue weighted by molar-refractivity contribution is 0.176. The molecule has 4 rings (SSSR count). The molecule has 11 nitrogen and oxygen atoms in total. The number of hydrogen-bond donors (Lipinski definition) is 2. The molecular formula is C26H28FN5O6S. The number of aliphatic hydroxyl groups is 1. The maximum atomic E-state index is 13.4. The van der Waals surface area contributed by atoms with Crippen molar-refractivity contribution in [2.24, 2.45) is 0 Å². The van der Waals surface area contributed by atoms with E-state index in [1.807, 2.05) is 6.92 Å². The van der Waals surface area contributed by atoms with Crippen LogP contribution < -0.4 is 18.9 Å². The van der Waals surface area contributed by atoms with Gasteiger partial charge in [0.15, 0.2) is 5.82 Å². The molecule has 206 valence electrons. The number of ether oxygens (including phenoxy) is 3. The van der Waals surface area contributed by atoms with E-state index in [2.05, 4.69) is 19.9 Å². The summed E-state index contributed by atoms with van der Waals surface area (Å²) in [6, 6.07) is 15.1. The molecule has 2 aromatic carbocycles. The highest BCUT2D eigenvalue weighted by atomic mass is 32.2. The Morgan fingerprint density at radius 3 is 2.26 bits per heavy atom. The van der Waals surface area contributed by atoms with E-state index in [0.29, 0.717) is 35.4 Å². The number of aromatic nitrogens is 4. The first-order chi connectivity index (χ1) is 18.7. The third-order valence-electron chi connectivity index (χ3n) is 5.91. The molecule has 0 spiro atoms. The Morgan fingerprint density at radius 1 is 1.00 bits per heavy atom. The normalized spacial score (nSPS) is 13.0. The Kier molecular flexibility index (Phi) is 8.31. The summed E-state index contributed by atoms with van der Waals surface area (Å²) in [5.74, 6) is 0.494. The van der Waals surface area contributed by atoms with Crippen molar-refractivity contribution >= 4 is 16.0 Å². The maximum absolute atomic E-state index is 13.4. The predicted octanol–water partition coefficient (Wildman–Crippen LogP) is 3.75. The first-order valence-corrected chi connectivity index (χ1v) is 13.5. The molecule has 0 aliphatic carbocycles. The molecule has 13 heteroatoms. The number of benzene rings is 2. The van der Waals surface area contributed by atoms with E-state index in [1.54, 1.807) is 36.4 Å². The molecule has 0 aliphatic heterocycles. The number of para-hydroxylation sites is 1. The number of anilines is 1. The zero-order valence-electron chi connectivity index (χ0n) is 21.7. The Bertz CT molecular complexity index is 1520. The van der Waals surface area contributed by atoms with E-state index >= 15 is 0 Å². The van der Waals surface area contributed by atoms with Crippen LogP contribution in [0.3, 0.4) is 0 Å². The van der Waals surface area contributed by atoms with Crippen LogP contribution in [0, 0.1) is 5.82 Å². The summed E-state index contributed by atoms with van der Waals surface area (Å²) >= 11 is 0. The largest absolute Gasteiger partial charge is 0.494 e. The fourth-order valence-corrected chi connectivity index (χ4v) is 4.94. The molecular weight excluding hydrogens is 529 g/mol. The first kappa shape index (κ1) is 27.8. The van der Waals surface area contributed by atoms with Crippen molar-refractivity contribution in [1.29, 1.82) is 0 Å². The molecule has 0 unspecified atom stereocenters. The number of hydrogen-bond acceptors (Lipinski definition) is 9. The summed E-state index contributed by atoms with van der Waals surface area (Å²) in [5.41, 5.74) is 0.890. The van der Waals surface area contributed by atoms with Gasteiger partial charge >= 0.3 is 0 Å². The van der Waals surface area contributed by atoms with Gasteiger partial charge in [-0.25, -0.2) is 17.8 Å². The highest BCUT2D eigenvalue weighted by Crippen LogP contribution is 2.38. The Hall–Kier alpha value is -4.23. The van der Waals surface area contributed by atoms with Crippen LogP contribution in [0.25, 0.3) is 17.2 Å². The summed E-state index contributed by atoms with van der Waals surface area (Å²) in [5, 5.41) is 17.7. The van der Waals surface area contributed by atoms with Crippen molar-refractivity contribution in [3.05, 3.63) is 72.0 Å². The van der Waals surface area contributed by atoms with Crippen LogP contribution in [0.4, 0.5) is 10.3 Å². The van der Waals surface area contributed by atoms with Gasteiger partial charge < -0.3 is 19.3 Å². The van der Waals surface area contributed by atoms with E-state index in [4.69, 9.17) is 14.2 Å². The lowest BCUT2D eigenvalue weighted by Gasteiger charge is -2.21. The quantitative estimate of drug-likeness (QED) is 0.282. The lowest BCUT2D eigenvalue weighted by atomic mass is 10.1. The fraction of sp³-hybridized carbons (Fsp3) is 0.269. The minimum atomic E-state index is -4.27. The van der Waals surface area contributed by atoms with Crippen molar-refractivity contribution in [3.8, 4) is 34.6 Å². The molecule has 4 aromatic rings. The van der Waals surface area contributed by atoms with Gasteiger partial charge in [-0.1, -0.05) is 24.3 Å². The molecule has 0 bridgehead atoms. The summed E-state index contributed by atoms with van der Waals surface area (Å²) in [6.45, 7) is 3.54. The lowest BCUT2D eigenvalue weighted by Crippen LogP contribution is -2.32. The molecule has 0 radical (unpaired) electrons. The molecule has 2 N–H and O–H groups in total. The van der Waals surface area contributed by atoms with Crippen LogP contribution in [0.2, 0.25) is 0 Å². The van der Waals surface area contributed by atoms with Crippen LogP contribution >= 0.6 is 0 Å². The highest BCUT2D eigenvalue weighted by molar-refractivity contribution is 7.93. The first-order valence-electron chi connectivity index (χ1n) is 11.9. The SMILES string of the molecule is CCOc1cccc(-c2nnc(NS(=O)(=O)[C@H](C)[C@@H](O)c3ccc(F)cc3)n2-c2c(OC)cccc2OC)n1. The third kappa shape index (κ3) is 5.78. The predicted molar refractivity (Wildman–Crippen MR) is 142 cm³/mol. The van der Waals surface area contributed by atoms with E-state index in [-0.39, 0.29) is 17.3 Å². The second kappa shape index (κ2) is 11.7. The van der Waals surface area contributed by atoms with Gasteiger partial charge in [0.25, 0.3) is 0 Å². The number of nitrogens with zero attached hydrogens (tertiary/aromatic N) is 4. The molecule has 2 atom stereocenters. The molecule has 2 heterocycles. The minimum Gasteiger partial charge on any atom is -0.494 e. The molecule has 0 saturated heterocycles. The minimum absolute atomic E-state index is 0.170. The molecule has 2 aromatic heterocycles. The van der Waals surface area contributed by atoms with Gasteiger partial charge in [-0.05, 0) is 49.7 Å². The number of rotatable bonds is 11. The van der Waals surface area contributed by atoms with Crippen molar-refractivity contribution in [2.45, 2.75) is 25.2 Å². The van der Waals surface area contributed by atoms with E-state index in [0.717, 1.165) is 12.1 Å². The number of aliphatic hydroxyl groups excluding tert-OH is 1. The number of sulfonamides is 1. The van der Waals surface area contributed by atoms with Crippen molar-refractivity contribution in [2.75, 3.05) is 25.5 Å². The molecule has 39 heavy (non-hydrogen) atoms. The standard InChI is InChI=1S/C26H28FN5O6S/c1-5-38-22-11-6-8-19(28-22)25-29-30-26(32(25)23-20(36-3)9-7-10-21(23)37-4)31-39(34,35)16(2)24(33)17-12-14-18(27)15-13-17/h6-16,24,33H,5H2,1-4H3,(H,30,31)/t16-,24-/m1/s1. The topological polar surface area (TPSA) is 138 Å². The summed E-state index contributed by atoms with van der Waals surface area (Å²) < 4.78 is 60.7. The zero-order chi connectivity index (χ0) is 28.2. The Morgan fingerprint density at radius 2 is 1.64 bits per heavy atom.